The fraction of sp³-hybridized carbons (Fsp3) is 0.778. The van der Waals surface area contributed by atoms with Crippen LogP contribution in [0, 0.1) is 40.4 Å². The lowest BCUT2D eigenvalue weighted by molar-refractivity contribution is 0.0204. The van der Waals surface area contributed by atoms with Gasteiger partial charge in [0.1, 0.15) is 0 Å². The van der Waals surface area contributed by atoms with Gasteiger partial charge in [0.25, 0.3) is 0 Å². The van der Waals surface area contributed by atoms with Gasteiger partial charge in [-0.1, -0.05) is 59.2 Å². The predicted molar refractivity (Wildman–Crippen MR) is 136 cm³/mol. The van der Waals surface area contributed by atoms with Gasteiger partial charge in [0, 0.05) is 33.7 Å². The van der Waals surface area contributed by atoms with E-state index in [-0.39, 0.29) is 44.5 Å². The molecule has 0 saturated heterocycles. The van der Waals surface area contributed by atoms with Crippen molar-refractivity contribution < 1.29 is 8.42 Å². The summed E-state index contributed by atoms with van der Waals surface area (Å²) in [5, 5.41) is -0.0589. The molecule has 0 aliphatic heterocycles. The number of fused-ring (bicyclic) bond motifs is 4. The molecule has 0 N–H and O–H groups in total. The minimum absolute atomic E-state index is 0.0143. The molecule has 4 aliphatic carbocycles. The second kappa shape index (κ2) is 7.14. The lowest BCUT2D eigenvalue weighted by atomic mass is 9.66. The van der Waals surface area contributed by atoms with Crippen LogP contribution in [-0.4, -0.2) is 35.6 Å². The lowest BCUT2D eigenvalue weighted by Crippen LogP contribution is -2.61. The van der Waals surface area contributed by atoms with Crippen LogP contribution in [0.15, 0.2) is 29.2 Å². The highest BCUT2D eigenvalue weighted by molar-refractivity contribution is 7.89. The quantitative estimate of drug-likeness (QED) is 0.414. The van der Waals surface area contributed by atoms with E-state index < -0.39 is 10.0 Å². The summed E-state index contributed by atoms with van der Waals surface area (Å²) in [6, 6.07) is 7.10. The Morgan fingerprint density at radius 3 is 1.48 bits per heavy atom. The second-order valence-electron chi connectivity index (χ2n) is 13.0. The van der Waals surface area contributed by atoms with E-state index in [0.29, 0.717) is 16.7 Å². The Morgan fingerprint density at radius 2 is 1.15 bits per heavy atom. The molecular weight excluding hydrogens is 473 g/mol. The molecule has 1 aromatic carbocycles. The Hall–Kier alpha value is -0.290. The summed E-state index contributed by atoms with van der Waals surface area (Å²) in [5.41, 5.74) is 0.449. The first kappa shape index (κ1) is 24.4. The number of alkyl halides is 2. The zero-order chi connectivity index (χ0) is 24.4. The molecule has 6 heteroatoms. The van der Waals surface area contributed by atoms with E-state index in [1.54, 1.807) is 12.1 Å². The van der Waals surface area contributed by atoms with E-state index in [4.69, 9.17) is 23.2 Å². The van der Waals surface area contributed by atoms with Crippen molar-refractivity contribution in [2.24, 2.45) is 33.5 Å². The van der Waals surface area contributed by atoms with E-state index in [0.717, 1.165) is 31.2 Å². The smallest absolute Gasteiger partial charge is 0.207 e. The van der Waals surface area contributed by atoms with Crippen molar-refractivity contribution in [3.05, 3.63) is 29.8 Å². The number of sulfonamides is 1. The summed E-state index contributed by atoms with van der Waals surface area (Å²) in [5.74, 6) is 0.855. The standard InChI is InChI=1S/C27H39Cl2NO2S/c1-16-8-10-19(11-9-16)33(31,32)30(22-14-17-12-20(28)26(22,6)24(17,2)3)23-15-18-13-21(29)27(23,7)25(18,4)5/h8-11,17-18,20-23H,12-15H2,1-7H3. The van der Waals surface area contributed by atoms with Crippen molar-refractivity contribution in [2.75, 3.05) is 0 Å². The van der Waals surface area contributed by atoms with Crippen LogP contribution in [0.5, 0.6) is 0 Å². The molecule has 0 aromatic heterocycles. The van der Waals surface area contributed by atoms with Gasteiger partial charge in [0.2, 0.25) is 10.0 Å². The van der Waals surface area contributed by atoms with Gasteiger partial charge in [-0.05, 0) is 67.4 Å². The number of nitrogens with zero attached hydrogens (tertiary/aromatic N) is 1. The van der Waals surface area contributed by atoms with Gasteiger partial charge >= 0.3 is 0 Å². The molecule has 4 fully saturated rings. The zero-order valence-electron chi connectivity index (χ0n) is 21.0. The van der Waals surface area contributed by atoms with E-state index in [1.807, 2.05) is 23.4 Å². The van der Waals surface area contributed by atoms with Crippen LogP contribution < -0.4 is 0 Å². The largest absolute Gasteiger partial charge is 0.243 e. The summed E-state index contributed by atoms with van der Waals surface area (Å²) in [4.78, 5) is 0.388. The van der Waals surface area contributed by atoms with Crippen LogP contribution in [0.1, 0.15) is 72.8 Å². The Bertz CT molecular complexity index is 1020. The second-order valence-corrected chi connectivity index (χ2v) is 15.9. The molecule has 0 spiro atoms. The van der Waals surface area contributed by atoms with Crippen molar-refractivity contribution >= 4 is 33.2 Å². The van der Waals surface area contributed by atoms with E-state index in [2.05, 4.69) is 41.5 Å². The number of hydrogen-bond acceptors (Lipinski definition) is 2. The number of rotatable bonds is 4. The monoisotopic (exact) mass is 511 g/mol. The summed E-state index contributed by atoms with van der Waals surface area (Å²) < 4.78 is 31.0. The molecular formula is C27H39Cl2NO2S. The molecule has 4 saturated carbocycles. The van der Waals surface area contributed by atoms with Crippen molar-refractivity contribution in [1.29, 1.82) is 0 Å². The maximum atomic E-state index is 14.5. The highest BCUT2D eigenvalue weighted by Crippen LogP contribution is 2.72. The van der Waals surface area contributed by atoms with Gasteiger partial charge in [-0.25, -0.2) is 8.42 Å². The minimum atomic E-state index is -3.74. The number of hydrogen-bond donors (Lipinski definition) is 0. The average molecular weight is 513 g/mol. The highest BCUT2D eigenvalue weighted by atomic mass is 35.5. The van der Waals surface area contributed by atoms with Crippen LogP contribution in [0.4, 0.5) is 0 Å². The molecule has 33 heavy (non-hydrogen) atoms. The van der Waals surface area contributed by atoms with Crippen molar-refractivity contribution in [1.82, 2.24) is 4.31 Å². The first-order chi connectivity index (χ1) is 15.1. The van der Waals surface area contributed by atoms with Crippen molar-refractivity contribution in [3.63, 3.8) is 0 Å². The third-order valence-electron chi connectivity index (χ3n) is 11.7. The summed E-state index contributed by atoms with van der Waals surface area (Å²) >= 11 is 14.1. The Balaban J connectivity index is 1.69. The van der Waals surface area contributed by atoms with Gasteiger partial charge in [-0.2, -0.15) is 4.31 Å². The third-order valence-corrected chi connectivity index (χ3v) is 14.9. The molecule has 184 valence electrons. The lowest BCUT2D eigenvalue weighted by Gasteiger charge is -2.52. The molecule has 4 aliphatic rings. The Kier molecular flexibility index (Phi) is 5.28. The number of aryl methyl sites for hydroxylation is 1. The predicted octanol–water partition coefficient (Wildman–Crippen LogP) is 6.85. The van der Waals surface area contributed by atoms with E-state index >= 15 is 0 Å². The van der Waals surface area contributed by atoms with Gasteiger partial charge in [0.15, 0.2) is 0 Å². The average Bonchev–Trinajstić information content (AvgIpc) is 3.18. The van der Waals surface area contributed by atoms with Gasteiger partial charge in [-0.3, -0.25) is 0 Å². The molecule has 8 unspecified atom stereocenters. The third kappa shape index (κ3) is 2.82. The van der Waals surface area contributed by atoms with E-state index in [1.165, 1.54) is 0 Å². The Labute approximate surface area is 210 Å². The molecule has 0 radical (unpaired) electrons. The molecule has 0 amide bonds. The first-order valence-electron chi connectivity index (χ1n) is 12.5. The van der Waals surface area contributed by atoms with Crippen LogP contribution >= 0.6 is 23.2 Å². The maximum Gasteiger partial charge on any atom is 0.243 e. The van der Waals surface area contributed by atoms with Crippen molar-refractivity contribution in [2.45, 2.75) is 102 Å². The molecule has 4 bridgehead atoms. The SMILES string of the molecule is Cc1ccc(S(=O)(=O)N(C2CC3CC(Cl)C2(C)C3(C)C)C2CC3CC(Cl)C2(C)C3(C)C)cc1. The summed E-state index contributed by atoms with van der Waals surface area (Å²) in [6.07, 6.45) is 3.69. The summed E-state index contributed by atoms with van der Waals surface area (Å²) in [7, 11) is -3.74. The fourth-order valence-corrected chi connectivity index (χ4v) is 11.8. The van der Waals surface area contributed by atoms with Crippen molar-refractivity contribution in [3.8, 4) is 0 Å². The maximum absolute atomic E-state index is 14.5. The molecule has 3 nitrogen and oxygen atoms in total. The molecule has 5 rings (SSSR count). The minimum Gasteiger partial charge on any atom is -0.207 e. The van der Waals surface area contributed by atoms with Crippen LogP contribution in [-0.2, 0) is 10.0 Å². The van der Waals surface area contributed by atoms with Gasteiger partial charge in [-0.15, -0.1) is 23.2 Å². The normalized spacial score (nSPS) is 45.3. The topological polar surface area (TPSA) is 37.4 Å². The van der Waals surface area contributed by atoms with Gasteiger partial charge in [0.05, 0.1) is 4.90 Å². The van der Waals surface area contributed by atoms with Crippen LogP contribution in [0.2, 0.25) is 0 Å². The highest BCUT2D eigenvalue weighted by Gasteiger charge is 2.73. The molecule has 0 heterocycles. The van der Waals surface area contributed by atoms with Crippen LogP contribution in [0.3, 0.4) is 0 Å². The van der Waals surface area contributed by atoms with Crippen LogP contribution in [0.25, 0.3) is 0 Å². The number of halogens is 2. The molecule has 8 atom stereocenters. The van der Waals surface area contributed by atoms with E-state index in [9.17, 15) is 8.42 Å². The Morgan fingerprint density at radius 1 is 0.758 bits per heavy atom. The fourth-order valence-electron chi connectivity index (χ4n) is 8.47. The zero-order valence-corrected chi connectivity index (χ0v) is 23.4. The number of benzene rings is 1. The first-order valence-corrected chi connectivity index (χ1v) is 14.8. The van der Waals surface area contributed by atoms with Gasteiger partial charge < -0.3 is 0 Å². The molecule has 1 aromatic rings. The summed E-state index contributed by atoms with van der Waals surface area (Å²) in [6.45, 7) is 15.7.